The van der Waals surface area contributed by atoms with Gasteiger partial charge in [-0.3, -0.25) is 0 Å². The summed E-state index contributed by atoms with van der Waals surface area (Å²) in [5.41, 5.74) is 7.06. The zero-order chi connectivity index (χ0) is 13.8. The molecule has 0 aliphatic carbocycles. The number of hydrogen-bond donors (Lipinski definition) is 1. The maximum absolute atomic E-state index is 5.96. The molecule has 0 radical (unpaired) electrons. The van der Waals surface area contributed by atoms with Crippen molar-refractivity contribution >= 4 is 5.69 Å². The minimum Gasteiger partial charge on any atom is -0.497 e. The number of hydrogen-bond acceptors (Lipinski definition) is 4. The summed E-state index contributed by atoms with van der Waals surface area (Å²) in [7, 11) is 3.75. The molecule has 19 heavy (non-hydrogen) atoms. The van der Waals surface area contributed by atoms with Gasteiger partial charge in [0.15, 0.2) is 0 Å². The minimum absolute atomic E-state index is 0.206. The first-order chi connectivity index (χ1) is 9.15. The first-order valence-electron chi connectivity index (χ1n) is 6.88. The zero-order valence-electron chi connectivity index (χ0n) is 12.0. The van der Waals surface area contributed by atoms with Crippen LogP contribution in [-0.2, 0) is 4.74 Å². The van der Waals surface area contributed by atoms with Crippen LogP contribution in [-0.4, -0.2) is 39.0 Å². The van der Waals surface area contributed by atoms with E-state index >= 15 is 0 Å². The smallest absolute Gasteiger partial charge is 0.120 e. The molecule has 0 saturated carbocycles. The van der Waals surface area contributed by atoms with Crippen molar-refractivity contribution in [1.82, 2.24) is 0 Å². The highest BCUT2D eigenvalue weighted by atomic mass is 16.5. The van der Waals surface area contributed by atoms with Crippen molar-refractivity contribution in [2.45, 2.75) is 38.0 Å². The number of nitrogens with zero attached hydrogens (tertiary/aromatic N) is 1. The van der Waals surface area contributed by atoms with Crippen molar-refractivity contribution in [3.8, 4) is 5.75 Å². The number of nitrogens with two attached hydrogens (primary N) is 1. The molecule has 1 saturated heterocycles. The molecule has 1 aromatic carbocycles. The highest BCUT2D eigenvalue weighted by Crippen LogP contribution is 2.28. The van der Waals surface area contributed by atoms with Crippen LogP contribution in [0.15, 0.2) is 24.3 Å². The maximum atomic E-state index is 5.96. The fourth-order valence-electron chi connectivity index (χ4n) is 2.70. The van der Waals surface area contributed by atoms with Crippen LogP contribution in [0.1, 0.15) is 19.8 Å². The van der Waals surface area contributed by atoms with Gasteiger partial charge in [-0.1, -0.05) is 6.07 Å². The van der Waals surface area contributed by atoms with Gasteiger partial charge in [0.25, 0.3) is 0 Å². The number of rotatable bonds is 5. The molecular formula is C15H24N2O2. The van der Waals surface area contributed by atoms with Gasteiger partial charge < -0.3 is 20.1 Å². The van der Waals surface area contributed by atoms with Gasteiger partial charge in [0.2, 0.25) is 0 Å². The van der Waals surface area contributed by atoms with Gasteiger partial charge in [-0.25, -0.2) is 0 Å². The Hall–Kier alpha value is -1.26. The van der Waals surface area contributed by atoms with Crippen LogP contribution in [0.3, 0.4) is 0 Å². The van der Waals surface area contributed by atoms with Crippen LogP contribution < -0.4 is 15.4 Å². The second kappa shape index (κ2) is 6.26. The number of likely N-dealkylation sites (N-methyl/N-ethyl adjacent to an activating group) is 1. The van der Waals surface area contributed by atoms with Crippen LogP contribution in [0.2, 0.25) is 0 Å². The van der Waals surface area contributed by atoms with E-state index in [4.69, 9.17) is 15.2 Å². The average Bonchev–Trinajstić information content (AvgIpc) is 2.86. The molecular weight excluding hydrogens is 240 g/mol. The van der Waals surface area contributed by atoms with Crippen LogP contribution in [0.4, 0.5) is 5.69 Å². The summed E-state index contributed by atoms with van der Waals surface area (Å²) in [6.07, 6.45) is 2.76. The molecule has 4 heteroatoms. The molecule has 1 aromatic rings. The SMILES string of the molecule is COc1cccc(N(C)C(CN)C2CCC(C)O2)c1. The summed E-state index contributed by atoms with van der Waals surface area (Å²) in [6.45, 7) is 2.71. The van der Waals surface area contributed by atoms with Gasteiger partial charge in [0, 0.05) is 25.3 Å². The second-order valence-corrected chi connectivity index (χ2v) is 5.18. The molecule has 3 unspecified atom stereocenters. The molecule has 0 spiro atoms. The molecule has 1 heterocycles. The van der Waals surface area contributed by atoms with E-state index in [1.165, 1.54) is 0 Å². The van der Waals surface area contributed by atoms with E-state index in [9.17, 15) is 0 Å². The Kier molecular flexibility index (Phi) is 4.66. The van der Waals surface area contributed by atoms with Crippen molar-refractivity contribution < 1.29 is 9.47 Å². The van der Waals surface area contributed by atoms with Crippen molar-refractivity contribution in [3.63, 3.8) is 0 Å². The molecule has 0 amide bonds. The molecule has 2 N–H and O–H groups in total. The largest absolute Gasteiger partial charge is 0.497 e. The lowest BCUT2D eigenvalue weighted by Crippen LogP contribution is -2.46. The average molecular weight is 264 g/mol. The first-order valence-corrected chi connectivity index (χ1v) is 6.88. The third-order valence-corrected chi connectivity index (χ3v) is 3.89. The summed E-state index contributed by atoms with van der Waals surface area (Å²) in [6, 6.07) is 8.25. The molecule has 0 aromatic heterocycles. The standard InChI is InChI=1S/C15H24N2O2/c1-11-7-8-15(19-11)14(10-16)17(2)12-5-4-6-13(9-12)18-3/h4-6,9,11,14-15H,7-8,10,16H2,1-3H3. The Balaban J connectivity index is 2.13. The van der Waals surface area contributed by atoms with Crippen LogP contribution in [0.5, 0.6) is 5.75 Å². The maximum Gasteiger partial charge on any atom is 0.120 e. The van der Waals surface area contributed by atoms with Crippen LogP contribution >= 0.6 is 0 Å². The van der Waals surface area contributed by atoms with Crippen LogP contribution in [0.25, 0.3) is 0 Å². The molecule has 0 bridgehead atoms. The molecule has 2 rings (SSSR count). The summed E-state index contributed by atoms with van der Waals surface area (Å²) in [5, 5.41) is 0. The fourth-order valence-corrected chi connectivity index (χ4v) is 2.70. The Morgan fingerprint density at radius 1 is 1.47 bits per heavy atom. The number of anilines is 1. The summed E-state index contributed by atoms with van der Waals surface area (Å²) < 4.78 is 11.2. The van der Waals surface area contributed by atoms with Gasteiger partial charge in [-0.15, -0.1) is 0 Å². The van der Waals surface area contributed by atoms with Crippen molar-refractivity contribution in [1.29, 1.82) is 0 Å². The highest BCUT2D eigenvalue weighted by Gasteiger charge is 2.31. The van der Waals surface area contributed by atoms with Gasteiger partial charge in [-0.05, 0) is 31.9 Å². The lowest BCUT2D eigenvalue weighted by molar-refractivity contribution is 0.0411. The van der Waals surface area contributed by atoms with E-state index in [0.29, 0.717) is 12.6 Å². The third kappa shape index (κ3) is 3.19. The molecule has 1 fully saturated rings. The summed E-state index contributed by atoms with van der Waals surface area (Å²) in [5.74, 6) is 0.862. The lowest BCUT2D eigenvalue weighted by atomic mass is 10.1. The van der Waals surface area contributed by atoms with E-state index in [1.807, 2.05) is 18.2 Å². The van der Waals surface area contributed by atoms with E-state index in [0.717, 1.165) is 24.3 Å². The van der Waals surface area contributed by atoms with Gasteiger partial charge >= 0.3 is 0 Å². The topological polar surface area (TPSA) is 47.7 Å². The first kappa shape index (κ1) is 14.2. The van der Waals surface area contributed by atoms with E-state index in [-0.39, 0.29) is 12.1 Å². The van der Waals surface area contributed by atoms with Crippen molar-refractivity contribution in [2.75, 3.05) is 25.6 Å². The van der Waals surface area contributed by atoms with E-state index in [1.54, 1.807) is 7.11 Å². The Morgan fingerprint density at radius 3 is 2.84 bits per heavy atom. The van der Waals surface area contributed by atoms with Gasteiger partial charge in [0.1, 0.15) is 5.75 Å². The zero-order valence-corrected chi connectivity index (χ0v) is 12.0. The second-order valence-electron chi connectivity index (χ2n) is 5.18. The molecule has 3 atom stereocenters. The minimum atomic E-state index is 0.206. The fraction of sp³-hybridized carbons (Fsp3) is 0.600. The van der Waals surface area contributed by atoms with E-state index < -0.39 is 0 Å². The number of benzene rings is 1. The van der Waals surface area contributed by atoms with Gasteiger partial charge in [0.05, 0.1) is 25.4 Å². The van der Waals surface area contributed by atoms with Crippen molar-refractivity contribution in [2.24, 2.45) is 5.73 Å². The number of methoxy groups -OCH3 is 1. The van der Waals surface area contributed by atoms with E-state index in [2.05, 4.69) is 24.9 Å². The molecule has 4 nitrogen and oxygen atoms in total. The monoisotopic (exact) mass is 264 g/mol. The molecule has 1 aliphatic rings. The Labute approximate surface area is 115 Å². The quantitative estimate of drug-likeness (QED) is 0.884. The van der Waals surface area contributed by atoms with Gasteiger partial charge in [-0.2, -0.15) is 0 Å². The van der Waals surface area contributed by atoms with Crippen molar-refractivity contribution in [3.05, 3.63) is 24.3 Å². The summed E-state index contributed by atoms with van der Waals surface area (Å²) in [4.78, 5) is 2.20. The molecule has 1 aliphatic heterocycles. The Morgan fingerprint density at radius 2 is 2.26 bits per heavy atom. The van der Waals surface area contributed by atoms with Crippen LogP contribution in [0, 0.1) is 0 Å². The normalized spacial score (nSPS) is 24.2. The number of ether oxygens (including phenoxy) is 2. The Bertz CT molecular complexity index is 411. The predicted octanol–water partition coefficient (Wildman–Crippen LogP) is 2.03. The highest BCUT2D eigenvalue weighted by molar-refractivity contribution is 5.51. The molecule has 106 valence electrons. The summed E-state index contributed by atoms with van der Waals surface area (Å²) >= 11 is 0. The lowest BCUT2D eigenvalue weighted by Gasteiger charge is -2.33. The third-order valence-electron chi connectivity index (χ3n) is 3.89. The predicted molar refractivity (Wildman–Crippen MR) is 77.8 cm³/mol.